The van der Waals surface area contributed by atoms with Gasteiger partial charge < -0.3 is 0 Å². The van der Waals surface area contributed by atoms with Crippen LogP contribution in [0.1, 0.15) is 16.7 Å². The number of nitrogens with zero attached hydrogens (tertiary/aromatic N) is 2. The molecule has 96 valence electrons. The second-order valence-corrected chi connectivity index (χ2v) is 5.05. The Hall–Kier alpha value is -1.82. The summed E-state index contributed by atoms with van der Waals surface area (Å²) >= 11 is 5.97. The lowest BCUT2D eigenvalue weighted by Crippen LogP contribution is -2.17. The SMILES string of the molecule is CN(Cc1cccc(Cl)c1)Cc1cccc(C#N)c1. The minimum absolute atomic E-state index is 0.702. The van der Waals surface area contributed by atoms with E-state index in [1.54, 1.807) is 0 Å². The molecule has 0 aliphatic carbocycles. The fraction of sp³-hybridized carbons (Fsp3) is 0.188. The van der Waals surface area contributed by atoms with Crippen molar-refractivity contribution in [3.05, 3.63) is 70.2 Å². The highest BCUT2D eigenvalue weighted by molar-refractivity contribution is 6.30. The van der Waals surface area contributed by atoms with Crippen LogP contribution in [-0.4, -0.2) is 11.9 Å². The van der Waals surface area contributed by atoms with Crippen LogP contribution in [0.25, 0.3) is 0 Å². The standard InChI is InChI=1S/C16H15ClN2/c1-19(12-15-6-3-7-16(17)9-15)11-14-5-2-4-13(8-14)10-18/h2-9H,11-12H2,1H3. The van der Waals surface area contributed by atoms with Crippen LogP contribution in [0.2, 0.25) is 5.02 Å². The van der Waals surface area contributed by atoms with Gasteiger partial charge in [-0.3, -0.25) is 4.90 Å². The molecule has 0 unspecified atom stereocenters. The molecule has 3 heteroatoms. The number of rotatable bonds is 4. The monoisotopic (exact) mass is 270 g/mol. The lowest BCUT2D eigenvalue weighted by Gasteiger charge is -2.17. The molecular weight excluding hydrogens is 256 g/mol. The van der Waals surface area contributed by atoms with Gasteiger partial charge in [-0.15, -0.1) is 0 Å². The van der Waals surface area contributed by atoms with Gasteiger partial charge in [0, 0.05) is 18.1 Å². The molecule has 0 N–H and O–H groups in total. The Labute approximate surface area is 118 Å². The fourth-order valence-electron chi connectivity index (χ4n) is 2.05. The van der Waals surface area contributed by atoms with Crippen LogP contribution in [0.5, 0.6) is 0 Å². The molecule has 2 aromatic carbocycles. The van der Waals surface area contributed by atoms with Crippen molar-refractivity contribution in [2.75, 3.05) is 7.05 Å². The molecule has 2 nitrogen and oxygen atoms in total. The van der Waals surface area contributed by atoms with Crippen molar-refractivity contribution < 1.29 is 0 Å². The molecule has 0 aromatic heterocycles. The molecule has 2 aromatic rings. The van der Waals surface area contributed by atoms with Crippen molar-refractivity contribution in [2.45, 2.75) is 13.1 Å². The molecule has 0 bridgehead atoms. The first kappa shape index (κ1) is 13.6. The normalized spacial score (nSPS) is 10.4. The summed E-state index contributed by atoms with van der Waals surface area (Å²) in [5.74, 6) is 0. The molecule has 0 saturated carbocycles. The number of halogens is 1. The lowest BCUT2D eigenvalue weighted by atomic mass is 10.1. The Morgan fingerprint density at radius 1 is 1.05 bits per heavy atom. The molecule has 0 aliphatic rings. The quantitative estimate of drug-likeness (QED) is 0.844. The first-order chi connectivity index (χ1) is 9.17. The third kappa shape index (κ3) is 4.10. The lowest BCUT2D eigenvalue weighted by molar-refractivity contribution is 0.319. The van der Waals surface area contributed by atoms with Crippen LogP contribution in [-0.2, 0) is 13.1 Å². The molecule has 0 heterocycles. The Kier molecular flexibility index (Phi) is 4.57. The second kappa shape index (κ2) is 6.38. The molecule has 0 amide bonds. The van der Waals surface area contributed by atoms with Gasteiger partial charge in [-0.05, 0) is 42.4 Å². The molecule has 0 atom stereocenters. The predicted octanol–water partition coefficient (Wildman–Crippen LogP) is 3.84. The average Bonchev–Trinajstić information content (AvgIpc) is 2.38. The van der Waals surface area contributed by atoms with Crippen LogP contribution < -0.4 is 0 Å². The van der Waals surface area contributed by atoms with Gasteiger partial charge in [0.15, 0.2) is 0 Å². The smallest absolute Gasteiger partial charge is 0.0991 e. The van der Waals surface area contributed by atoms with Gasteiger partial charge in [0.1, 0.15) is 0 Å². The van der Waals surface area contributed by atoms with Crippen molar-refractivity contribution >= 4 is 11.6 Å². The zero-order valence-corrected chi connectivity index (χ0v) is 11.6. The first-order valence-corrected chi connectivity index (χ1v) is 6.47. The second-order valence-electron chi connectivity index (χ2n) is 4.61. The van der Waals surface area contributed by atoms with Crippen molar-refractivity contribution in [2.24, 2.45) is 0 Å². The zero-order valence-electron chi connectivity index (χ0n) is 10.8. The minimum Gasteiger partial charge on any atom is -0.298 e. The molecule has 19 heavy (non-hydrogen) atoms. The third-order valence-corrected chi connectivity index (χ3v) is 3.09. The molecular formula is C16H15ClN2. The minimum atomic E-state index is 0.702. The summed E-state index contributed by atoms with van der Waals surface area (Å²) in [6.45, 7) is 1.64. The molecule has 0 saturated heterocycles. The summed E-state index contributed by atoms with van der Waals surface area (Å²) < 4.78 is 0. The van der Waals surface area contributed by atoms with E-state index in [0.717, 1.165) is 23.7 Å². The maximum atomic E-state index is 8.88. The van der Waals surface area contributed by atoms with Crippen LogP contribution in [0.15, 0.2) is 48.5 Å². The van der Waals surface area contributed by atoms with Gasteiger partial charge in [0.25, 0.3) is 0 Å². The van der Waals surface area contributed by atoms with Crippen LogP contribution in [0.3, 0.4) is 0 Å². The Morgan fingerprint density at radius 2 is 1.68 bits per heavy atom. The number of hydrogen-bond donors (Lipinski definition) is 0. The first-order valence-electron chi connectivity index (χ1n) is 6.09. The van der Waals surface area contributed by atoms with Gasteiger partial charge >= 0.3 is 0 Å². The van der Waals surface area contributed by atoms with Crippen molar-refractivity contribution in [3.63, 3.8) is 0 Å². The summed E-state index contributed by atoms with van der Waals surface area (Å²) in [6, 6.07) is 17.7. The van der Waals surface area contributed by atoms with Crippen LogP contribution in [0, 0.1) is 11.3 Å². The van der Waals surface area contributed by atoms with Gasteiger partial charge in [-0.1, -0.05) is 35.9 Å². The van der Waals surface area contributed by atoms with E-state index in [2.05, 4.69) is 24.1 Å². The highest BCUT2D eigenvalue weighted by Gasteiger charge is 2.03. The Bertz CT molecular complexity index is 602. The topological polar surface area (TPSA) is 27.0 Å². The van der Waals surface area contributed by atoms with E-state index in [1.807, 2.05) is 42.5 Å². The molecule has 2 rings (SSSR count). The highest BCUT2D eigenvalue weighted by Crippen LogP contribution is 2.14. The van der Waals surface area contributed by atoms with Gasteiger partial charge in [0.2, 0.25) is 0 Å². The summed E-state index contributed by atoms with van der Waals surface area (Å²) in [7, 11) is 2.06. The molecule has 0 aliphatic heterocycles. The van der Waals surface area contributed by atoms with E-state index in [-0.39, 0.29) is 0 Å². The number of benzene rings is 2. The fourth-order valence-corrected chi connectivity index (χ4v) is 2.27. The van der Waals surface area contributed by atoms with Crippen LogP contribution >= 0.6 is 11.6 Å². The third-order valence-electron chi connectivity index (χ3n) is 2.85. The summed E-state index contributed by atoms with van der Waals surface area (Å²) in [4.78, 5) is 2.20. The van der Waals surface area contributed by atoms with E-state index >= 15 is 0 Å². The van der Waals surface area contributed by atoms with E-state index < -0.39 is 0 Å². The van der Waals surface area contributed by atoms with E-state index in [4.69, 9.17) is 16.9 Å². The van der Waals surface area contributed by atoms with Crippen molar-refractivity contribution in [1.82, 2.24) is 4.90 Å². The van der Waals surface area contributed by atoms with Gasteiger partial charge in [0.05, 0.1) is 11.6 Å². The number of hydrogen-bond acceptors (Lipinski definition) is 2. The highest BCUT2D eigenvalue weighted by atomic mass is 35.5. The maximum absolute atomic E-state index is 8.88. The zero-order chi connectivity index (χ0) is 13.7. The predicted molar refractivity (Wildman–Crippen MR) is 77.8 cm³/mol. The van der Waals surface area contributed by atoms with Crippen molar-refractivity contribution in [3.8, 4) is 6.07 Å². The summed E-state index contributed by atoms with van der Waals surface area (Å²) in [6.07, 6.45) is 0. The van der Waals surface area contributed by atoms with E-state index in [1.165, 1.54) is 5.56 Å². The van der Waals surface area contributed by atoms with Crippen LogP contribution in [0.4, 0.5) is 0 Å². The summed E-state index contributed by atoms with van der Waals surface area (Å²) in [5, 5.41) is 9.65. The van der Waals surface area contributed by atoms with E-state index in [0.29, 0.717) is 5.56 Å². The largest absolute Gasteiger partial charge is 0.298 e. The Morgan fingerprint density at radius 3 is 2.32 bits per heavy atom. The van der Waals surface area contributed by atoms with Crippen molar-refractivity contribution in [1.29, 1.82) is 5.26 Å². The Balaban J connectivity index is 2.01. The number of nitriles is 1. The molecule has 0 radical (unpaired) electrons. The van der Waals surface area contributed by atoms with E-state index in [9.17, 15) is 0 Å². The molecule has 0 fully saturated rings. The summed E-state index contributed by atoms with van der Waals surface area (Å²) in [5.41, 5.74) is 3.03. The molecule has 0 spiro atoms. The van der Waals surface area contributed by atoms with Gasteiger partial charge in [-0.25, -0.2) is 0 Å². The average molecular weight is 271 g/mol. The maximum Gasteiger partial charge on any atom is 0.0991 e. The van der Waals surface area contributed by atoms with Gasteiger partial charge in [-0.2, -0.15) is 5.26 Å².